The van der Waals surface area contributed by atoms with E-state index in [1.54, 1.807) is 11.9 Å². The minimum Gasteiger partial charge on any atom is -0.459 e. The Morgan fingerprint density at radius 2 is 1.69 bits per heavy atom. The van der Waals surface area contributed by atoms with Crippen LogP contribution in [0, 0.1) is 0 Å². The first-order chi connectivity index (χ1) is 15.3. The van der Waals surface area contributed by atoms with E-state index in [1.165, 1.54) is 4.31 Å². The molecule has 1 saturated heterocycles. The van der Waals surface area contributed by atoms with E-state index in [9.17, 15) is 13.2 Å². The highest BCUT2D eigenvalue weighted by atomic mass is 32.2. The fourth-order valence-corrected chi connectivity index (χ4v) is 5.48. The first kappa shape index (κ1) is 22.5. The van der Waals surface area contributed by atoms with E-state index < -0.39 is 10.0 Å². The second-order valence-electron chi connectivity index (χ2n) is 8.28. The van der Waals surface area contributed by atoms with Gasteiger partial charge in [-0.05, 0) is 24.6 Å². The van der Waals surface area contributed by atoms with Gasteiger partial charge in [0, 0.05) is 38.6 Å². The second kappa shape index (κ2) is 9.44. The monoisotopic (exact) mass is 455 g/mol. The number of benzene rings is 2. The lowest BCUT2D eigenvalue weighted by molar-refractivity contribution is -0.133. The van der Waals surface area contributed by atoms with Gasteiger partial charge in [0.2, 0.25) is 15.9 Å². The smallest absolute Gasteiger partial charge is 0.237 e. The minimum absolute atomic E-state index is 0.00449. The molecule has 3 aromatic rings. The topological polar surface area (TPSA) is 74.1 Å². The molecule has 0 N–H and O–H groups in total. The van der Waals surface area contributed by atoms with E-state index >= 15 is 0 Å². The van der Waals surface area contributed by atoms with Gasteiger partial charge >= 0.3 is 0 Å². The molecule has 2 heterocycles. The Hall–Kier alpha value is -2.68. The predicted molar refractivity (Wildman–Crippen MR) is 124 cm³/mol. The highest BCUT2D eigenvalue weighted by Crippen LogP contribution is 2.26. The molecule has 8 heteroatoms. The van der Waals surface area contributed by atoms with Crippen molar-refractivity contribution in [2.24, 2.45) is 0 Å². The molecule has 1 atom stereocenters. The van der Waals surface area contributed by atoms with E-state index in [4.69, 9.17) is 4.42 Å². The average Bonchev–Trinajstić information content (AvgIpc) is 3.23. The quantitative estimate of drug-likeness (QED) is 0.547. The molecule has 1 fully saturated rings. The molecule has 0 aliphatic carbocycles. The summed E-state index contributed by atoms with van der Waals surface area (Å²) >= 11 is 0. The fraction of sp³-hybridized carbons (Fsp3) is 0.375. The zero-order valence-electron chi connectivity index (χ0n) is 18.5. The normalized spacial score (nSPS) is 16.8. The number of para-hydroxylation sites is 1. The molecule has 1 aliphatic heterocycles. The summed E-state index contributed by atoms with van der Waals surface area (Å²) in [6.45, 7) is 4.06. The van der Waals surface area contributed by atoms with Crippen LogP contribution in [0.2, 0.25) is 0 Å². The van der Waals surface area contributed by atoms with Crippen molar-refractivity contribution >= 4 is 26.9 Å². The van der Waals surface area contributed by atoms with Crippen LogP contribution >= 0.6 is 0 Å². The Kier molecular flexibility index (Phi) is 6.64. The molecule has 1 amide bonds. The number of hydrogen-bond donors (Lipinski definition) is 0. The van der Waals surface area contributed by atoms with Crippen molar-refractivity contribution in [2.45, 2.75) is 18.7 Å². The van der Waals surface area contributed by atoms with E-state index in [0.29, 0.717) is 26.2 Å². The Bertz CT molecular complexity index is 1140. The van der Waals surface area contributed by atoms with Crippen molar-refractivity contribution in [3.05, 3.63) is 72.0 Å². The summed E-state index contributed by atoms with van der Waals surface area (Å²) in [5.41, 5.74) is 1.59. The van der Waals surface area contributed by atoms with Crippen LogP contribution < -0.4 is 0 Å². The summed E-state index contributed by atoms with van der Waals surface area (Å²) in [5, 5.41) is 1.02. The van der Waals surface area contributed by atoms with Crippen LogP contribution in [-0.4, -0.2) is 68.2 Å². The van der Waals surface area contributed by atoms with Gasteiger partial charge in [0.1, 0.15) is 11.3 Å². The summed E-state index contributed by atoms with van der Waals surface area (Å²) < 4.78 is 32.9. The van der Waals surface area contributed by atoms with Crippen molar-refractivity contribution in [3.63, 3.8) is 0 Å². The summed E-state index contributed by atoms with van der Waals surface area (Å²) in [6.07, 6.45) is 0. The molecule has 0 radical (unpaired) electrons. The number of carbonyl (C=O) groups excluding carboxylic acids is 1. The highest BCUT2D eigenvalue weighted by molar-refractivity contribution is 7.88. The minimum atomic E-state index is -3.37. The molecular weight excluding hydrogens is 426 g/mol. The van der Waals surface area contributed by atoms with Crippen molar-refractivity contribution < 1.29 is 17.6 Å². The van der Waals surface area contributed by atoms with Crippen LogP contribution in [-0.2, 0) is 20.6 Å². The Balaban J connectivity index is 1.31. The van der Waals surface area contributed by atoms with Gasteiger partial charge in [0.25, 0.3) is 0 Å². The van der Waals surface area contributed by atoms with Crippen molar-refractivity contribution in [2.75, 3.05) is 39.8 Å². The van der Waals surface area contributed by atoms with E-state index in [2.05, 4.69) is 0 Å². The van der Waals surface area contributed by atoms with E-state index in [-0.39, 0.29) is 24.2 Å². The number of rotatable bonds is 7. The number of piperazine rings is 1. The summed E-state index contributed by atoms with van der Waals surface area (Å²) in [6, 6.07) is 18.8. The maximum absolute atomic E-state index is 12.9. The molecule has 170 valence electrons. The lowest BCUT2D eigenvalue weighted by atomic mass is 10.2. The second-order valence-corrected chi connectivity index (χ2v) is 10.3. The van der Waals surface area contributed by atoms with Gasteiger partial charge < -0.3 is 9.32 Å². The molecule has 1 aliphatic rings. The predicted octanol–water partition coefficient (Wildman–Crippen LogP) is 3.10. The van der Waals surface area contributed by atoms with Crippen LogP contribution in [0.4, 0.5) is 0 Å². The SMILES string of the molecule is CC(c1cc2ccccc2o1)N(C)C(=O)CN1CCN(S(=O)(=O)Cc2ccccc2)CC1. The number of amides is 1. The van der Waals surface area contributed by atoms with Crippen LogP contribution in [0.3, 0.4) is 0 Å². The lowest BCUT2D eigenvalue weighted by Crippen LogP contribution is -2.51. The third kappa shape index (κ3) is 5.03. The zero-order chi connectivity index (χ0) is 22.7. The molecular formula is C24H29N3O4S. The number of hydrogen-bond acceptors (Lipinski definition) is 5. The van der Waals surface area contributed by atoms with E-state index in [0.717, 1.165) is 22.3 Å². The number of furan rings is 1. The van der Waals surface area contributed by atoms with Crippen molar-refractivity contribution in [3.8, 4) is 0 Å². The average molecular weight is 456 g/mol. The van der Waals surface area contributed by atoms with Crippen LogP contribution in [0.5, 0.6) is 0 Å². The summed E-state index contributed by atoms with van der Waals surface area (Å²) in [5.74, 6) is 0.738. The van der Waals surface area contributed by atoms with Gasteiger partial charge in [-0.1, -0.05) is 48.5 Å². The van der Waals surface area contributed by atoms with Crippen molar-refractivity contribution in [1.82, 2.24) is 14.1 Å². The number of fused-ring (bicyclic) bond motifs is 1. The molecule has 1 unspecified atom stereocenters. The third-order valence-corrected chi connectivity index (χ3v) is 7.96. The third-order valence-electron chi connectivity index (χ3n) is 6.11. The van der Waals surface area contributed by atoms with Gasteiger partial charge in [0.05, 0.1) is 18.3 Å². The molecule has 0 spiro atoms. The Morgan fingerprint density at radius 1 is 1.03 bits per heavy atom. The van der Waals surface area contributed by atoms with Gasteiger partial charge in [-0.2, -0.15) is 4.31 Å². The summed E-state index contributed by atoms with van der Waals surface area (Å²) in [7, 11) is -1.59. The molecule has 7 nitrogen and oxygen atoms in total. The van der Waals surface area contributed by atoms with Crippen LogP contribution in [0.25, 0.3) is 11.0 Å². The molecule has 4 rings (SSSR count). The zero-order valence-corrected chi connectivity index (χ0v) is 19.3. The molecule has 0 saturated carbocycles. The maximum atomic E-state index is 12.9. The van der Waals surface area contributed by atoms with E-state index in [1.807, 2.05) is 72.5 Å². The number of nitrogens with zero attached hydrogens (tertiary/aromatic N) is 3. The fourth-order valence-electron chi connectivity index (χ4n) is 3.96. The van der Waals surface area contributed by atoms with Gasteiger partial charge in [-0.15, -0.1) is 0 Å². The maximum Gasteiger partial charge on any atom is 0.237 e. The molecule has 1 aromatic heterocycles. The largest absolute Gasteiger partial charge is 0.459 e. The lowest BCUT2D eigenvalue weighted by Gasteiger charge is -2.35. The molecule has 0 bridgehead atoms. The Labute approximate surface area is 189 Å². The van der Waals surface area contributed by atoms with Gasteiger partial charge in [-0.3, -0.25) is 9.69 Å². The highest BCUT2D eigenvalue weighted by Gasteiger charge is 2.29. The first-order valence-electron chi connectivity index (χ1n) is 10.8. The number of sulfonamides is 1. The van der Waals surface area contributed by atoms with Crippen LogP contribution in [0.15, 0.2) is 65.1 Å². The number of likely N-dealkylation sites (N-methyl/N-ethyl adjacent to an activating group) is 1. The standard InChI is InChI=1S/C24H29N3O4S/c1-19(23-16-21-10-6-7-11-22(21)31-23)25(2)24(28)17-26-12-14-27(15-13-26)32(29,30)18-20-8-4-3-5-9-20/h3-11,16,19H,12-15,17-18H2,1-2H3. The molecule has 32 heavy (non-hydrogen) atoms. The first-order valence-corrected chi connectivity index (χ1v) is 12.4. The Morgan fingerprint density at radius 3 is 2.38 bits per heavy atom. The van der Waals surface area contributed by atoms with Crippen LogP contribution in [0.1, 0.15) is 24.3 Å². The van der Waals surface area contributed by atoms with Crippen molar-refractivity contribution in [1.29, 1.82) is 0 Å². The summed E-state index contributed by atoms with van der Waals surface area (Å²) in [4.78, 5) is 16.6. The number of carbonyl (C=O) groups is 1. The molecule has 2 aromatic carbocycles. The van der Waals surface area contributed by atoms with Gasteiger partial charge in [-0.25, -0.2) is 8.42 Å². The van der Waals surface area contributed by atoms with Gasteiger partial charge in [0.15, 0.2) is 0 Å².